The highest BCUT2D eigenvalue weighted by Crippen LogP contribution is 2.32. The number of fused-ring (bicyclic) bond motifs is 1. The summed E-state index contributed by atoms with van der Waals surface area (Å²) in [5, 5.41) is 3.10. The number of hydrogen-bond donors (Lipinski definition) is 2. The standard InChI is InChI=1S/C18H20BrN3O2.HI/c1-12-3-4-14(19)9-13(12)11-21-18(20)22-15-5-6-16-17(10-15)24-8-2-7-23-16;/h3-6,9-10H,2,7-8,11H2,1H3,(H3,20,21,22);1H. The van der Waals surface area contributed by atoms with E-state index in [0.717, 1.165) is 33.6 Å². The Morgan fingerprint density at radius 1 is 1.16 bits per heavy atom. The van der Waals surface area contributed by atoms with Crippen molar-refractivity contribution in [3.8, 4) is 11.5 Å². The maximum atomic E-state index is 6.00. The van der Waals surface area contributed by atoms with E-state index in [4.69, 9.17) is 15.2 Å². The van der Waals surface area contributed by atoms with Gasteiger partial charge in [0, 0.05) is 22.6 Å². The minimum Gasteiger partial charge on any atom is -0.490 e. The molecule has 1 aliphatic heterocycles. The summed E-state index contributed by atoms with van der Waals surface area (Å²) >= 11 is 3.48. The van der Waals surface area contributed by atoms with E-state index >= 15 is 0 Å². The van der Waals surface area contributed by atoms with Gasteiger partial charge in [-0.2, -0.15) is 0 Å². The van der Waals surface area contributed by atoms with Crippen LogP contribution in [0.5, 0.6) is 11.5 Å². The summed E-state index contributed by atoms with van der Waals surface area (Å²) in [6, 6.07) is 11.8. The van der Waals surface area contributed by atoms with Crippen LogP contribution in [-0.2, 0) is 6.54 Å². The highest BCUT2D eigenvalue weighted by Gasteiger charge is 2.10. The number of nitrogens with two attached hydrogens (primary N) is 1. The third kappa shape index (κ3) is 5.50. The van der Waals surface area contributed by atoms with Gasteiger partial charge in [0.2, 0.25) is 0 Å². The topological polar surface area (TPSA) is 68.9 Å². The normalized spacial score (nSPS) is 13.6. The van der Waals surface area contributed by atoms with Gasteiger partial charge in [-0.25, -0.2) is 4.99 Å². The van der Waals surface area contributed by atoms with Crippen LogP contribution in [0.4, 0.5) is 5.69 Å². The number of ether oxygens (including phenoxy) is 2. The molecule has 1 heterocycles. The zero-order valence-corrected chi connectivity index (χ0v) is 17.8. The first kappa shape index (κ1) is 19.8. The van der Waals surface area contributed by atoms with Crippen LogP contribution in [0.15, 0.2) is 45.9 Å². The number of anilines is 1. The molecule has 1 aliphatic rings. The molecule has 0 fully saturated rings. The summed E-state index contributed by atoms with van der Waals surface area (Å²) in [5.74, 6) is 1.86. The molecule has 5 nitrogen and oxygen atoms in total. The van der Waals surface area contributed by atoms with Crippen LogP contribution >= 0.6 is 39.9 Å². The third-order valence-electron chi connectivity index (χ3n) is 3.75. The van der Waals surface area contributed by atoms with Crippen LogP contribution in [0, 0.1) is 6.92 Å². The Morgan fingerprint density at radius 2 is 1.92 bits per heavy atom. The highest BCUT2D eigenvalue weighted by molar-refractivity contribution is 14.0. The van der Waals surface area contributed by atoms with E-state index in [1.54, 1.807) is 0 Å². The van der Waals surface area contributed by atoms with Gasteiger partial charge in [-0.1, -0.05) is 22.0 Å². The van der Waals surface area contributed by atoms with Crippen molar-refractivity contribution in [2.24, 2.45) is 10.7 Å². The maximum absolute atomic E-state index is 6.00. The van der Waals surface area contributed by atoms with Crippen molar-refractivity contribution >= 4 is 51.6 Å². The van der Waals surface area contributed by atoms with Gasteiger partial charge >= 0.3 is 0 Å². The predicted octanol–water partition coefficient (Wildman–Crippen LogP) is 4.46. The zero-order valence-electron chi connectivity index (χ0n) is 13.9. The van der Waals surface area contributed by atoms with Gasteiger partial charge in [0.15, 0.2) is 17.5 Å². The quantitative estimate of drug-likeness (QED) is 0.358. The van der Waals surface area contributed by atoms with Crippen molar-refractivity contribution in [3.05, 3.63) is 52.0 Å². The number of rotatable bonds is 3. The fourth-order valence-electron chi connectivity index (χ4n) is 2.41. The number of aliphatic imine (C=N–C) groups is 1. The van der Waals surface area contributed by atoms with E-state index in [1.807, 2.05) is 24.3 Å². The molecule has 134 valence electrons. The smallest absolute Gasteiger partial charge is 0.193 e. The molecule has 0 saturated heterocycles. The molecule has 3 N–H and O–H groups in total. The molecule has 0 aromatic heterocycles. The van der Waals surface area contributed by atoms with Gasteiger partial charge in [0.1, 0.15) is 0 Å². The van der Waals surface area contributed by atoms with Crippen LogP contribution in [0.2, 0.25) is 0 Å². The molecule has 0 amide bonds. The molecule has 7 heteroatoms. The van der Waals surface area contributed by atoms with Crippen molar-refractivity contribution < 1.29 is 9.47 Å². The predicted molar refractivity (Wildman–Crippen MR) is 115 cm³/mol. The molecule has 0 bridgehead atoms. The van der Waals surface area contributed by atoms with Crippen molar-refractivity contribution in [1.29, 1.82) is 0 Å². The fraction of sp³-hybridized carbons (Fsp3) is 0.278. The largest absolute Gasteiger partial charge is 0.490 e. The van der Waals surface area contributed by atoms with E-state index in [2.05, 4.69) is 45.3 Å². The lowest BCUT2D eigenvalue weighted by atomic mass is 10.1. The third-order valence-corrected chi connectivity index (χ3v) is 4.24. The first-order valence-electron chi connectivity index (χ1n) is 7.83. The van der Waals surface area contributed by atoms with Crippen LogP contribution in [-0.4, -0.2) is 19.2 Å². The Morgan fingerprint density at radius 3 is 2.72 bits per heavy atom. The number of guanidine groups is 1. The molecule has 0 spiro atoms. The van der Waals surface area contributed by atoms with Gasteiger partial charge in [0.25, 0.3) is 0 Å². The lowest BCUT2D eigenvalue weighted by Gasteiger charge is -2.11. The van der Waals surface area contributed by atoms with Crippen LogP contribution in [0.1, 0.15) is 17.5 Å². The van der Waals surface area contributed by atoms with Gasteiger partial charge in [0.05, 0.1) is 19.8 Å². The average molecular weight is 518 g/mol. The average Bonchev–Trinajstić information content (AvgIpc) is 2.80. The van der Waals surface area contributed by atoms with Crippen molar-refractivity contribution in [2.45, 2.75) is 19.9 Å². The molecule has 0 unspecified atom stereocenters. The minimum atomic E-state index is 0. The molecule has 3 rings (SSSR count). The minimum absolute atomic E-state index is 0. The highest BCUT2D eigenvalue weighted by atomic mass is 127. The summed E-state index contributed by atoms with van der Waals surface area (Å²) in [5.41, 5.74) is 9.15. The zero-order chi connectivity index (χ0) is 16.9. The second-order valence-electron chi connectivity index (χ2n) is 5.61. The van der Waals surface area contributed by atoms with Crippen LogP contribution < -0.4 is 20.5 Å². The summed E-state index contributed by atoms with van der Waals surface area (Å²) in [4.78, 5) is 4.41. The molecule has 2 aromatic rings. The Hall–Kier alpha value is -1.48. The Kier molecular flexibility index (Phi) is 7.37. The second kappa shape index (κ2) is 9.28. The number of aryl methyl sites for hydroxylation is 1. The van der Waals surface area contributed by atoms with Crippen LogP contribution in [0.3, 0.4) is 0 Å². The van der Waals surface area contributed by atoms with E-state index in [1.165, 1.54) is 5.56 Å². The lowest BCUT2D eigenvalue weighted by molar-refractivity contribution is 0.297. The summed E-state index contributed by atoms with van der Waals surface area (Å²) in [7, 11) is 0. The molecule has 2 aromatic carbocycles. The summed E-state index contributed by atoms with van der Waals surface area (Å²) < 4.78 is 12.3. The van der Waals surface area contributed by atoms with Crippen molar-refractivity contribution in [3.63, 3.8) is 0 Å². The van der Waals surface area contributed by atoms with E-state index in [0.29, 0.717) is 25.7 Å². The Labute approximate surface area is 173 Å². The molecule has 0 aliphatic carbocycles. The van der Waals surface area contributed by atoms with E-state index in [-0.39, 0.29) is 24.0 Å². The Balaban J connectivity index is 0.00000225. The first-order valence-corrected chi connectivity index (χ1v) is 8.63. The van der Waals surface area contributed by atoms with Gasteiger partial charge in [-0.3, -0.25) is 0 Å². The monoisotopic (exact) mass is 517 g/mol. The van der Waals surface area contributed by atoms with Crippen molar-refractivity contribution in [2.75, 3.05) is 18.5 Å². The number of benzene rings is 2. The second-order valence-corrected chi connectivity index (χ2v) is 6.52. The van der Waals surface area contributed by atoms with E-state index in [9.17, 15) is 0 Å². The van der Waals surface area contributed by atoms with Crippen molar-refractivity contribution in [1.82, 2.24) is 0 Å². The molecule has 0 atom stereocenters. The van der Waals surface area contributed by atoms with Gasteiger partial charge < -0.3 is 20.5 Å². The maximum Gasteiger partial charge on any atom is 0.193 e. The summed E-state index contributed by atoms with van der Waals surface area (Å²) in [6.45, 7) is 3.91. The van der Waals surface area contributed by atoms with Gasteiger partial charge in [-0.05, 0) is 42.3 Å². The number of nitrogens with zero attached hydrogens (tertiary/aromatic N) is 1. The fourth-order valence-corrected chi connectivity index (χ4v) is 2.82. The summed E-state index contributed by atoms with van der Waals surface area (Å²) in [6.07, 6.45) is 0.882. The molecular formula is C18H21BrIN3O2. The number of nitrogens with one attached hydrogen (secondary N) is 1. The SMILES string of the molecule is Cc1ccc(Br)cc1CN=C(N)Nc1ccc2c(c1)OCCCO2.I. The molecular weight excluding hydrogens is 497 g/mol. The lowest BCUT2D eigenvalue weighted by Crippen LogP contribution is -2.22. The van der Waals surface area contributed by atoms with Crippen LogP contribution in [0.25, 0.3) is 0 Å². The van der Waals surface area contributed by atoms with E-state index < -0.39 is 0 Å². The first-order chi connectivity index (χ1) is 11.6. The number of halogens is 2. The molecule has 25 heavy (non-hydrogen) atoms. The number of hydrogen-bond acceptors (Lipinski definition) is 3. The molecule has 0 saturated carbocycles. The molecule has 0 radical (unpaired) electrons. The Bertz CT molecular complexity index is 768. The van der Waals surface area contributed by atoms with Gasteiger partial charge in [-0.15, -0.1) is 24.0 Å².